The third-order valence-electron chi connectivity index (χ3n) is 3.95. The summed E-state index contributed by atoms with van der Waals surface area (Å²) in [6, 6.07) is 0.580. The van der Waals surface area contributed by atoms with Crippen LogP contribution in [0.1, 0.15) is 51.9 Å². The van der Waals surface area contributed by atoms with Gasteiger partial charge in [-0.3, -0.25) is 4.79 Å². The molecule has 1 unspecified atom stereocenters. The maximum atomic E-state index is 11.6. The molecule has 2 rings (SSSR count). The van der Waals surface area contributed by atoms with Gasteiger partial charge in [0, 0.05) is 19.0 Å². The first-order chi connectivity index (χ1) is 7.68. The Morgan fingerprint density at radius 2 is 2.25 bits per heavy atom. The molecule has 1 saturated carbocycles. The van der Waals surface area contributed by atoms with Crippen LogP contribution in [0.25, 0.3) is 0 Å². The van der Waals surface area contributed by atoms with E-state index in [9.17, 15) is 4.79 Å². The fourth-order valence-corrected chi connectivity index (χ4v) is 2.27. The van der Waals surface area contributed by atoms with Gasteiger partial charge < -0.3 is 10.6 Å². The summed E-state index contributed by atoms with van der Waals surface area (Å²) in [5, 5.41) is 6.54. The molecule has 1 atom stereocenters. The monoisotopic (exact) mass is 224 g/mol. The van der Waals surface area contributed by atoms with E-state index in [0.29, 0.717) is 17.9 Å². The van der Waals surface area contributed by atoms with Crippen LogP contribution in [0.5, 0.6) is 0 Å². The summed E-state index contributed by atoms with van der Waals surface area (Å²) < 4.78 is 0. The molecular formula is C13H24N2O. The predicted octanol–water partition coefficient (Wildman–Crippen LogP) is 1.82. The summed E-state index contributed by atoms with van der Waals surface area (Å²) in [5.74, 6) is 0.237. The van der Waals surface area contributed by atoms with Crippen LogP contribution in [0, 0.1) is 5.41 Å². The number of nitrogens with one attached hydrogen (secondary N) is 2. The Balaban J connectivity index is 1.56. The molecule has 2 aliphatic rings. The van der Waals surface area contributed by atoms with Gasteiger partial charge in [-0.25, -0.2) is 0 Å². The van der Waals surface area contributed by atoms with E-state index < -0.39 is 0 Å². The Labute approximate surface area is 98.4 Å². The van der Waals surface area contributed by atoms with Crippen molar-refractivity contribution in [2.75, 3.05) is 13.1 Å². The van der Waals surface area contributed by atoms with Crippen molar-refractivity contribution in [1.82, 2.24) is 10.6 Å². The summed E-state index contributed by atoms with van der Waals surface area (Å²) in [4.78, 5) is 11.6. The van der Waals surface area contributed by atoms with Crippen molar-refractivity contribution in [2.45, 2.75) is 57.9 Å². The van der Waals surface area contributed by atoms with E-state index in [1.165, 1.54) is 32.1 Å². The van der Waals surface area contributed by atoms with Crippen molar-refractivity contribution in [1.29, 1.82) is 0 Å². The Morgan fingerprint density at radius 3 is 2.88 bits per heavy atom. The molecule has 0 aromatic rings. The van der Waals surface area contributed by atoms with E-state index in [0.717, 1.165) is 19.5 Å². The van der Waals surface area contributed by atoms with Gasteiger partial charge in [0.1, 0.15) is 0 Å². The number of amides is 1. The molecule has 1 heterocycles. The predicted molar refractivity (Wildman–Crippen MR) is 65.2 cm³/mol. The van der Waals surface area contributed by atoms with Gasteiger partial charge >= 0.3 is 0 Å². The van der Waals surface area contributed by atoms with Crippen LogP contribution in [0.2, 0.25) is 0 Å². The minimum atomic E-state index is 0.237. The molecule has 0 aromatic carbocycles. The van der Waals surface area contributed by atoms with Gasteiger partial charge in [0.05, 0.1) is 0 Å². The number of hydrogen-bond donors (Lipinski definition) is 2. The van der Waals surface area contributed by atoms with E-state index in [1.54, 1.807) is 0 Å². The lowest BCUT2D eigenvalue weighted by atomic mass is 10.0. The number of piperidine rings is 1. The Morgan fingerprint density at radius 1 is 1.44 bits per heavy atom. The highest BCUT2D eigenvalue weighted by atomic mass is 16.1. The van der Waals surface area contributed by atoms with Crippen molar-refractivity contribution < 1.29 is 4.79 Å². The van der Waals surface area contributed by atoms with E-state index >= 15 is 0 Å². The minimum absolute atomic E-state index is 0.237. The number of carbonyl (C=O) groups excluding carboxylic acids is 1. The molecule has 16 heavy (non-hydrogen) atoms. The zero-order chi connectivity index (χ0) is 11.4. The third-order valence-corrected chi connectivity index (χ3v) is 3.95. The molecule has 0 radical (unpaired) electrons. The molecule has 0 spiro atoms. The average Bonchev–Trinajstić information content (AvgIpc) is 3.04. The first kappa shape index (κ1) is 11.9. The summed E-state index contributed by atoms with van der Waals surface area (Å²) in [7, 11) is 0. The Bertz CT molecular complexity index is 242. The second-order valence-corrected chi connectivity index (χ2v) is 5.77. The molecule has 1 saturated heterocycles. The molecule has 2 fully saturated rings. The Hall–Kier alpha value is -0.570. The van der Waals surface area contributed by atoms with Crippen molar-refractivity contribution in [3.05, 3.63) is 0 Å². The highest BCUT2D eigenvalue weighted by Crippen LogP contribution is 2.44. The smallest absolute Gasteiger partial charge is 0.220 e. The summed E-state index contributed by atoms with van der Waals surface area (Å²) in [6.07, 6.45) is 8.09. The van der Waals surface area contributed by atoms with Crippen molar-refractivity contribution >= 4 is 5.91 Å². The van der Waals surface area contributed by atoms with Crippen LogP contribution < -0.4 is 10.6 Å². The molecule has 0 aromatic heterocycles. The van der Waals surface area contributed by atoms with Gasteiger partial charge in [0.25, 0.3) is 0 Å². The lowest BCUT2D eigenvalue weighted by Crippen LogP contribution is -2.36. The number of rotatable bonds is 5. The maximum Gasteiger partial charge on any atom is 0.220 e. The van der Waals surface area contributed by atoms with Gasteiger partial charge in [0.2, 0.25) is 5.91 Å². The second kappa shape index (κ2) is 5.17. The lowest BCUT2D eigenvalue weighted by molar-refractivity contribution is -0.121. The van der Waals surface area contributed by atoms with Crippen LogP contribution in [-0.4, -0.2) is 25.0 Å². The first-order valence-electron chi connectivity index (χ1n) is 6.68. The van der Waals surface area contributed by atoms with Crippen molar-refractivity contribution in [3.8, 4) is 0 Å². The third kappa shape index (κ3) is 3.78. The zero-order valence-electron chi connectivity index (χ0n) is 10.3. The van der Waals surface area contributed by atoms with E-state index in [1.807, 2.05) is 0 Å². The normalized spacial score (nSPS) is 27.4. The van der Waals surface area contributed by atoms with Crippen molar-refractivity contribution in [2.24, 2.45) is 5.41 Å². The molecular weight excluding hydrogens is 200 g/mol. The quantitative estimate of drug-likeness (QED) is 0.748. The molecule has 1 amide bonds. The Kier molecular flexibility index (Phi) is 3.85. The fourth-order valence-electron chi connectivity index (χ4n) is 2.27. The lowest BCUT2D eigenvalue weighted by Gasteiger charge is -2.23. The highest BCUT2D eigenvalue weighted by molar-refractivity contribution is 5.75. The summed E-state index contributed by atoms with van der Waals surface area (Å²) in [6.45, 7) is 4.25. The maximum absolute atomic E-state index is 11.6. The van der Waals surface area contributed by atoms with Crippen LogP contribution >= 0.6 is 0 Å². The molecule has 0 bridgehead atoms. The van der Waals surface area contributed by atoms with Crippen molar-refractivity contribution in [3.63, 3.8) is 0 Å². The zero-order valence-corrected chi connectivity index (χ0v) is 10.3. The average molecular weight is 224 g/mol. The molecule has 2 N–H and O–H groups in total. The topological polar surface area (TPSA) is 41.1 Å². The number of hydrogen-bond acceptors (Lipinski definition) is 2. The molecule has 1 aliphatic carbocycles. The van der Waals surface area contributed by atoms with Crippen LogP contribution in [0.4, 0.5) is 0 Å². The SMILES string of the molecule is CC1(CNC(=O)CCC2CCCCN2)CC1. The fraction of sp³-hybridized carbons (Fsp3) is 0.923. The summed E-state index contributed by atoms with van der Waals surface area (Å²) >= 11 is 0. The molecule has 1 aliphatic heterocycles. The highest BCUT2D eigenvalue weighted by Gasteiger charge is 2.37. The molecule has 92 valence electrons. The van der Waals surface area contributed by atoms with Crippen LogP contribution in [0.15, 0.2) is 0 Å². The van der Waals surface area contributed by atoms with Gasteiger partial charge in [-0.15, -0.1) is 0 Å². The van der Waals surface area contributed by atoms with Crippen LogP contribution in [-0.2, 0) is 4.79 Å². The summed E-state index contributed by atoms with van der Waals surface area (Å²) in [5.41, 5.74) is 0.429. The van der Waals surface area contributed by atoms with Crippen LogP contribution in [0.3, 0.4) is 0 Å². The van der Waals surface area contributed by atoms with Gasteiger partial charge in [-0.1, -0.05) is 13.3 Å². The van der Waals surface area contributed by atoms with Gasteiger partial charge in [-0.05, 0) is 44.1 Å². The largest absolute Gasteiger partial charge is 0.356 e. The standard InChI is InChI=1S/C13H24N2O/c1-13(7-8-13)10-15-12(16)6-5-11-4-2-3-9-14-11/h11,14H,2-10H2,1H3,(H,15,16). The molecule has 3 heteroatoms. The number of carbonyl (C=O) groups is 1. The van der Waals surface area contributed by atoms with E-state index in [-0.39, 0.29) is 5.91 Å². The van der Waals surface area contributed by atoms with E-state index in [4.69, 9.17) is 0 Å². The molecule has 3 nitrogen and oxygen atoms in total. The van der Waals surface area contributed by atoms with Gasteiger partial charge in [-0.2, -0.15) is 0 Å². The first-order valence-corrected chi connectivity index (χ1v) is 6.68. The van der Waals surface area contributed by atoms with E-state index in [2.05, 4.69) is 17.6 Å². The minimum Gasteiger partial charge on any atom is -0.356 e. The van der Waals surface area contributed by atoms with Gasteiger partial charge in [0.15, 0.2) is 0 Å². The second-order valence-electron chi connectivity index (χ2n) is 5.77.